The van der Waals surface area contributed by atoms with Crippen LogP contribution < -0.4 is 15.4 Å². The summed E-state index contributed by atoms with van der Waals surface area (Å²) in [5.41, 5.74) is 0.652. The Morgan fingerprint density at radius 1 is 1.10 bits per heavy atom. The van der Waals surface area contributed by atoms with Gasteiger partial charge in [0.2, 0.25) is 0 Å². The fourth-order valence-electron chi connectivity index (χ4n) is 1.66. The third-order valence-corrected chi connectivity index (χ3v) is 2.77. The molecule has 0 saturated heterocycles. The molecule has 0 aliphatic carbocycles. The molecule has 0 atom stereocenters. The van der Waals surface area contributed by atoms with Crippen molar-refractivity contribution < 1.29 is 14.3 Å². The first-order valence-electron chi connectivity index (χ1n) is 6.92. The largest absolute Gasteiger partial charge is 0.494 e. The molecule has 0 fully saturated rings. The van der Waals surface area contributed by atoms with Crippen molar-refractivity contribution in [1.29, 1.82) is 0 Å². The predicted molar refractivity (Wildman–Crippen MR) is 79.3 cm³/mol. The van der Waals surface area contributed by atoms with Gasteiger partial charge in [-0.3, -0.25) is 4.79 Å². The number of hydrogen-bond donors (Lipinski definition) is 2. The van der Waals surface area contributed by atoms with Crippen molar-refractivity contribution >= 4 is 5.91 Å². The van der Waals surface area contributed by atoms with Crippen LogP contribution in [0.5, 0.6) is 5.75 Å². The number of nitrogens with one attached hydrogen (secondary N) is 2. The first-order valence-corrected chi connectivity index (χ1v) is 6.92. The zero-order chi connectivity index (χ0) is 14.6. The molecule has 0 aromatic heterocycles. The molecule has 0 aliphatic heterocycles. The molecular weight excluding hydrogens is 256 g/mol. The Labute approximate surface area is 120 Å². The zero-order valence-corrected chi connectivity index (χ0v) is 12.3. The van der Waals surface area contributed by atoms with Gasteiger partial charge in [0, 0.05) is 32.2 Å². The van der Waals surface area contributed by atoms with Crippen LogP contribution in [0.15, 0.2) is 24.3 Å². The molecule has 0 bridgehead atoms. The quantitative estimate of drug-likeness (QED) is 0.637. The van der Waals surface area contributed by atoms with Crippen molar-refractivity contribution in [3.63, 3.8) is 0 Å². The van der Waals surface area contributed by atoms with E-state index >= 15 is 0 Å². The second-order valence-electron chi connectivity index (χ2n) is 4.43. The number of carbonyl (C=O) groups excluding carboxylic acids is 1. The molecule has 112 valence electrons. The standard InChI is InChI=1S/C15H24N2O3/c1-16-9-3-10-17-15(18)13-5-7-14(8-6-13)20-12-4-11-19-2/h5-8,16H,3-4,9-12H2,1-2H3,(H,17,18). The average molecular weight is 280 g/mol. The van der Waals surface area contributed by atoms with E-state index in [2.05, 4.69) is 10.6 Å². The predicted octanol–water partition coefficient (Wildman–Crippen LogP) is 1.44. The van der Waals surface area contributed by atoms with E-state index in [1.165, 1.54) is 0 Å². The van der Waals surface area contributed by atoms with E-state index in [4.69, 9.17) is 9.47 Å². The number of amides is 1. The van der Waals surface area contributed by atoms with E-state index in [9.17, 15) is 4.79 Å². The zero-order valence-electron chi connectivity index (χ0n) is 12.3. The molecule has 0 spiro atoms. The van der Waals surface area contributed by atoms with E-state index in [-0.39, 0.29) is 5.91 Å². The number of methoxy groups -OCH3 is 1. The molecule has 0 radical (unpaired) electrons. The van der Waals surface area contributed by atoms with Crippen LogP contribution >= 0.6 is 0 Å². The van der Waals surface area contributed by atoms with E-state index in [1.54, 1.807) is 19.2 Å². The molecule has 0 aliphatic rings. The van der Waals surface area contributed by atoms with E-state index < -0.39 is 0 Å². The Balaban J connectivity index is 2.31. The maximum atomic E-state index is 11.8. The molecule has 0 unspecified atom stereocenters. The fraction of sp³-hybridized carbons (Fsp3) is 0.533. The first kappa shape index (κ1) is 16.5. The van der Waals surface area contributed by atoms with Crippen LogP contribution in [-0.2, 0) is 4.74 Å². The SMILES string of the molecule is CNCCCNC(=O)c1ccc(OCCCOC)cc1. The van der Waals surface area contributed by atoms with Gasteiger partial charge in [-0.15, -0.1) is 0 Å². The third kappa shape index (κ3) is 6.54. The van der Waals surface area contributed by atoms with Crippen LogP contribution in [-0.4, -0.2) is 46.4 Å². The molecule has 5 heteroatoms. The Morgan fingerprint density at radius 2 is 1.85 bits per heavy atom. The number of carbonyl (C=O) groups is 1. The lowest BCUT2D eigenvalue weighted by Crippen LogP contribution is -2.26. The maximum absolute atomic E-state index is 11.8. The number of ether oxygens (including phenoxy) is 2. The van der Waals surface area contributed by atoms with E-state index in [0.29, 0.717) is 25.3 Å². The van der Waals surface area contributed by atoms with E-state index in [1.807, 2.05) is 19.2 Å². The molecule has 1 aromatic carbocycles. The van der Waals surface area contributed by atoms with Gasteiger partial charge in [0.05, 0.1) is 6.61 Å². The fourth-order valence-corrected chi connectivity index (χ4v) is 1.66. The monoisotopic (exact) mass is 280 g/mol. The van der Waals surface area contributed by atoms with Crippen molar-refractivity contribution in [2.24, 2.45) is 0 Å². The Morgan fingerprint density at radius 3 is 2.50 bits per heavy atom. The summed E-state index contributed by atoms with van der Waals surface area (Å²) < 4.78 is 10.5. The van der Waals surface area contributed by atoms with Gasteiger partial charge in [-0.2, -0.15) is 0 Å². The normalized spacial score (nSPS) is 10.3. The number of rotatable bonds is 10. The summed E-state index contributed by atoms with van der Waals surface area (Å²) in [6, 6.07) is 7.18. The summed E-state index contributed by atoms with van der Waals surface area (Å²) in [5.74, 6) is 0.722. The summed E-state index contributed by atoms with van der Waals surface area (Å²) in [6.07, 6.45) is 1.77. The minimum absolute atomic E-state index is 0.0490. The lowest BCUT2D eigenvalue weighted by molar-refractivity contribution is 0.0953. The van der Waals surface area contributed by atoms with Gasteiger partial charge in [-0.25, -0.2) is 0 Å². The topological polar surface area (TPSA) is 59.6 Å². The lowest BCUT2D eigenvalue weighted by Gasteiger charge is -2.08. The van der Waals surface area contributed by atoms with Crippen molar-refractivity contribution in [3.8, 4) is 5.75 Å². The maximum Gasteiger partial charge on any atom is 0.251 e. The summed E-state index contributed by atoms with van der Waals surface area (Å²) >= 11 is 0. The molecule has 20 heavy (non-hydrogen) atoms. The Kier molecular flexibility index (Phi) is 8.42. The number of hydrogen-bond acceptors (Lipinski definition) is 4. The minimum atomic E-state index is -0.0490. The van der Waals surface area contributed by atoms with Crippen molar-refractivity contribution in [1.82, 2.24) is 10.6 Å². The van der Waals surface area contributed by atoms with Gasteiger partial charge >= 0.3 is 0 Å². The van der Waals surface area contributed by atoms with Crippen molar-refractivity contribution in [2.75, 3.05) is 40.5 Å². The molecular formula is C15H24N2O3. The first-order chi connectivity index (χ1) is 9.77. The highest BCUT2D eigenvalue weighted by Gasteiger charge is 2.04. The Bertz CT molecular complexity index is 379. The van der Waals surface area contributed by atoms with Gasteiger partial charge in [-0.05, 0) is 44.3 Å². The van der Waals surface area contributed by atoms with Gasteiger partial charge < -0.3 is 20.1 Å². The summed E-state index contributed by atoms with van der Waals surface area (Å²) in [6.45, 7) is 2.87. The van der Waals surface area contributed by atoms with Crippen LogP contribution in [0.25, 0.3) is 0 Å². The molecule has 5 nitrogen and oxygen atoms in total. The molecule has 2 N–H and O–H groups in total. The third-order valence-electron chi connectivity index (χ3n) is 2.77. The average Bonchev–Trinajstić information content (AvgIpc) is 2.48. The van der Waals surface area contributed by atoms with Gasteiger partial charge in [0.25, 0.3) is 5.91 Å². The summed E-state index contributed by atoms with van der Waals surface area (Å²) in [7, 11) is 3.57. The Hall–Kier alpha value is -1.59. The van der Waals surface area contributed by atoms with Crippen LogP contribution in [0.1, 0.15) is 23.2 Å². The van der Waals surface area contributed by atoms with Crippen LogP contribution in [0, 0.1) is 0 Å². The highest BCUT2D eigenvalue weighted by atomic mass is 16.5. The van der Waals surface area contributed by atoms with Crippen molar-refractivity contribution in [2.45, 2.75) is 12.8 Å². The minimum Gasteiger partial charge on any atom is -0.494 e. The van der Waals surface area contributed by atoms with Crippen molar-refractivity contribution in [3.05, 3.63) is 29.8 Å². The highest BCUT2D eigenvalue weighted by Crippen LogP contribution is 2.12. The molecule has 1 aromatic rings. The summed E-state index contributed by atoms with van der Waals surface area (Å²) in [4.78, 5) is 11.8. The number of benzene rings is 1. The van der Waals surface area contributed by atoms with Gasteiger partial charge in [-0.1, -0.05) is 0 Å². The highest BCUT2D eigenvalue weighted by molar-refractivity contribution is 5.94. The van der Waals surface area contributed by atoms with Crippen LogP contribution in [0.3, 0.4) is 0 Å². The molecule has 1 rings (SSSR count). The summed E-state index contributed by atoms with van der Waals surface area (Å²) in [5, 5.41) is 5.92. The van der Waals surface area contributed by atoms with Crippen LogP contribution in [0.4, 0.5) is 0 Å². The molecule has 0 heterocycles. The molecule has 1 amide bonds. The molecule has 0 saturated carbocycles. The second kappa shape index (κ2) is 10.2. The lowest BCUT2D eigenvalue weighted by atomic mass is 10.2. The van der Waals surface area contributed by atoms with Gasteiger partial charge in [0.1, 0.15) is 5.75 Å². The smallest absolute Gasteiger partial charge is 0.251 e. The van der Waals surface area contributed by atoms with Crippen LogP contribution in [0.2, 0.25) is 0 Å². The van der Waals surface area contributed by atoms with E-state index in [0.717, 1.165) is 25.1 Å². The second-order valence-corrected chi connectivity index (χ2v) is 4.43. The van der Waals surface area contributed by atoms with Gasteiger partial charge in [0.15, 0.2) is 0 Å².